The Kier molecular flexibility index (Phi) is 12.9. The summed E-state index contributed by atoms with van der Waals surface area (Å²) in [5.41, 5.74) is 11.3. The summed E-state index contributed by atoms with van der Waals surface area (Å²) in [5, 5.41) is 19.3. The zero-order valence-corrected chi connectivity index (χ0v) is 27.5. The summed E-state index contributed by atoms with van der Waals surface area (Å²) >= 11 is 1.72. The number of aryl methyl sites for hydroxylation is 2. The van der Waals surface area contributed by atoms with E-state index in [1.54, 1.807) is 23.6 Å². The van der Waals surface area contributed by atoms with E-state index >= 15 is 0 Å². The normalized spacial score (nSPS) is 19.1. The monoisotopic (exact) mass is 611 g/mol. The van der Waals surface area contributed by atoms with Crippen molar-refractivity contribution in [1.82, 2.24) is 14.9 Å². The molecular formula is C34H42N7PS. The van der Waals surface area contributed by atoms with Gasteiger partial charge in [-0.25, -0.2) is 15.0 Å². The minimum Gasteiger partial charge on any atom is -0.392 e. The standard InChI is InChI=1S/C32H40N7PS.C2H2/c1-5-9-25(20(3)24-11-7-12-27-29(24)26(19-33)32(40)41-27)30(35)31-37-22(13-14-23-10-8-17-39(23)4)18-28(38-31)36-16-15-21(34)6-2;1-2/h2,15-16,18,23-24,35H,5,7-14,17,34,40H2,1,3-4H3;1-2H/b21-15-,25-20+,35-30?,36-16?;/t23-,24+;/m0./s1. The Hall–Kier alpha value is -3.60. The number of thiophene rings is 1. The van der Waals surface area contributed by atoms with E-state index < -0.39 is 0 Å². The molecule has 224 valence electrons. The van der Waals surface area contributed by atoms with E-state index in [1.807, 2.05) is 6.07 Å². The Morgan fingerprint density at radius 3 is 2.74 bits per heavy atom. The number of fused-ring (bicyclic) bond motifs is 1. The van der Waals surface area contributed by atoms with Gasteiger partial charge in [-0.2, -0.15) is 5.26 Å². The number of nitrogens with one attached hydrogen (secondary N) is 1. The highest BCUT2D eigenvalue weighted by molar-refractivity contribution is 7.43. The molecule has 0 bridgehead atoms. The molecule has 1 fully saturated rings. The number of terminal acetylenes is 2. The summed E-state index contributed by atoms with van der Waals surface area (Å²) in [6.07, 6.45) is 25.4. The molecule has 0 amide bonds. The van der Waals surface area contributed by atoms with Crippen molar-refractivity contribution in [3.63, 3.8) is 0 Å². The Morgan fingerprint density at radius 2 is 2.09 bits per heavy atom. The van der Waals surface area contributed by atoms with E-state index in [2.05, 4.69) is 64.9 Å². The molecule has 1 unspecified atom stereocenters. The quantitative estimate of drug-likeness (QED) is 0.195. The van der Waals surface area contributed by atoms with E-state index in [1.165, 1.54) is 17.7 Å². The molecule has 9 heteroatoms. The number of hydrogen-bond donors (Lipinski definition) is 2. The Morgan fingerprint density at radius 1 is 1.33 bits per heavy atom. The molecule has 3 atom stereocenters. The SMILES string of the molecule is C#C.C#C/C(N)=C/C=Nc1cc(CC[C@@H]2CCCN2C)nc(C(=N)/C(CCC)=C(\C)[C@H]2CCCc3sc(P)c(C#N)c32)n1. The first-order chi connectivity index (χ1) is 20.8. The molecule has 3 heterocycles. The van der Waals surface area contributed by atoms with Gasteiger partial charge in [0, 0.05) is 39.4 Å². The molecule has 2 aromatic rings. The van der Waals surface area contributed by atoms with Gasteiger partial charge in [0.1, 0.15) is 11.8 Å². The van der Waals surface area contributed by atoms with Crippen LogP contribution in [0.4, 0.5) is 5.82 Å². The van der Waals surface area contributed by atoms with Crippen LogP contribution in [0.25, 0.3) is 0 Å². The summed E-state index contributed by atoms with van der Waals surface area (Å²) in [6.45, 7) is 5.39. The highest BCUT2D eigenvalue weighted by Gasteiger charge is 2.30. The third-order valence-corrected chi connectivity index (χ3v) is 9.97. The van der Waals surface area contributed by atoms with E-state index in [9.17, 15) is 10.7 Å². The number of nitrogens with two attached hydrogens (primary N) is 1. The summed E-state index contributed by atoms with van der Waals surface area (Å²) < 4.78 is 1.01. The van der Waals surface area contributed by atoms with E-state index in [0.29, 0.717) is 23.4 Å². The molecule has 1 aliphatic carbocycles. The molecule has 1 aliphatic heterocycles. The van der Waals surface area contributed by atoms with Crippen LogP contribution in [-0.2, 0) is 12.8 Å². The fraction of sp³-hybridized carbons (Fsp3) is 0.441. The summed E-state index contributed by atoms with van der Waals surface area (Å²) in [6, 6.07) is 4.89. The van der Waals surface area contributed by atoms with Crippen LogP contribution in [0.1, 0.15) is 92.2 Å². The van der Waals surface area contributed by atoms with Gasteiger partial charge >= 0.3 is 0 Å². The van der Waals surface area contributed by atoms with Crippen molar-refractivity contribution in [1.29, 1.82) is 10.7 Å². The van der Waals surface area contributed by atoms with Crippen molar-refractivity contribution in [3.8, 4) is 31.3 Å². The smallest absolute Gasteiger partial charge is 0.180 e. The summed E-state index contributed by atoms with van der Waals surface area (Å²) in [4.78, 5) is 17.8. The van der Waals surface area contributed by atoms with Crippen molar-refractivity contribution in [2.24, 2.45) is 10.7 Å². The van der Waals surface area contributed by atoms with Gasteiger partial charge in [0.15, 0.2) is 11.6 Å². The first-order valence-electron chi connectivity index (χ1n) is 14.7. The maximum absolute atomic E-state index is 9.95. The molecular weight excluding hydrogens is 569 g/mol. The van der Waals surface area contributed by atoms with E-state index in [0.717, 1.165) is 84.1 Å². The molecule has 0 spiro atoms. The predicted molar refractivity (Wildman–Crippen MR) is 184 cm³/mol. The van der Waals surface area contributed by atoms with Crippen molar-refractivity contribution in [2.75, 3.05) is 13.6 Å². The average molecular weight is 612 g/mol. The van der Waals surface area contributed by atoms with Gasteiger partial charge in [0.2, 0.25) is 0 Å². The number of hydrogen-bond acceptors (Lipinski definition) is 8. The van der Waals surface area contributed by atoms with Gasteiger partial charge in [-0.1, -0.05) is 34.1 Å². The number of nitrogens with zero attached hydrogens (tertiary/aromatic N) is 5. The first-order valence-corrected chi connectivity index (χ1v) is 16.1. The van der Waals surface area contributed by atoms with Crippen LogP contribution in [0.3, 0.4) is 0 Å². The van der Waals surface area contributed by atoms with Gasteiger partial charge in [-0.05, 0) is 89.1 Å². The lowest BCUT2D eigenvalue weighted by Gasteiger charge is -2.26. The van der Waals surface area contributed by atoms with E-state index in [-0.39, 0.29) is 11.6 Å². The van der Waals surface area contributed by atoms with Gasteiger partial charge in [0.25, 0.3) is 0 Å². The topological polar surface area (TPSA) is 115 Å². The number of rotatable bonds is 10. The minimum atomic E-state index is 0.122. The zero-order chi connectivity index (χ0) is 31.5. The van der Waals surface area contributed by atoms with Crippen LogP contribution in [0.5, 0.6) is 0 Å². The predicted octanol–water partition coefficient (Wildman–Crippen LogP) is 5.97. The number of nitriles is 1. The van der Waals surface area contributed by atoms with Crippen LogP contribution in [0.2, 0.25) is 0 Å². The van der Waals surface area contributed by atoms with Crippen LogP contribution < -0.4 is 10.4 Å². The molecule has 0 saturated carbocycles. The van der Waals surface area contributed by atoms with Crippen molar-refractivity contribution < 1.29 is 0 Å². The van der Waals surface area contributed by atoms with Crippen molar-refractivity contribution in [3.05, 3.63) is 56.5 Å². The van der Waals surface area contributed by atoms with E-state index in [4.69, 9.17) is 22.1 Å². The lowest BCUT2D eigenvalue weighted by Crippen LogP contribution is -2.25. The van der Waals surface area contributed by atoms with Crippen molar-refractivity contribution in [2.45, 2.75) is 83.6 Å². The minimum absolute atomic E-state index is 0.122. The zero-order valence-electron chi connectivity index (χ0n) is 25.5. The average Bonchev–Trinajstić information content (AvgIpc) is 3.59. The molecule has 7 nitrogen and oxygen atoms in total. The fourth-order valence-electron chi connectivity index (χ4n) is 6.03. The number of allylic oxidation sites excluding steroid dienone is 4. The lowest BCUT2D eigenvalue weighted by molar-refractivity contribution is 0.296. The molecule has 4 rings (SSSR count). The number of aromatic nitrogens is 2. The highest BCUT2D eigenvalue weighted by atomic mass is 32.1. The van der Waals surface area contributed by atoms with Gasteiger partial charge in [0.05, 0.1) is 11.3 Å². The number of likely N-dealkylation sites (tertiary alicyclic amines) is 1. The summed E-state index contributed by atoms with van der Waals surface area (Å²) in [5.74, 6) is 3.38. The second kappa shape index (κ2) is 16.3. The maximum atomic E-state index is 9.95. The van der Waals surface area contributed by atoms with Crippen LogP contribution >= 0.6 is 20.6 Å². The van der Waals surface area contributed by atoms with Gasteiger partial charge < -0.3 is 10.6 Å². The van der Waals surface area contributed by atoms with Gasteiger partial charge in [-0.15, -0.1) is 30.6 Å². The van der Waals surface area contributed by atoms with Crippen LogP contribution in [0, 0.1) is 41.9 Å². The maximum Gasteiger partial charge on any atom is 0.180 e. The van der Waals surface area contributed by atoms with Crippen LogP contribution in [-0.4, -0.2) is 46.4 Å². The molecule has 1 saturated heterocycles. The molecule has 2 aromatic heterocycles. The Balaban J connectivity index is 0.00000248. The molecule has 2 aliphatic rings. The third kappa shape index (κ3) is 8.28. The van der Waals surface area contributed by atoms with Crippen LogP contribution in [0.15, 0.2) is 34.0 Å². The third-order valence-electron chi connectivity index (χ3n) is 8.23. The second-order valence-corrected chi connectivity index (χ2v) is 13.1. The first kappa shape index (κ1) is 33.9. The molecule has 0 aromatic carbocycles. The largest absolute Gasteiger partial charge is 0.392 e. The lowest BCUT2D eigenvalue weighted by atomic mass is 9.78. The number of aliphatic imine (C=N–C) groups is 1. The molecule has 0 radical (unpaired) electrons. The van der Waals surface area contributed by atoms with Crippen molar-refractivity contribution >= 4 is 42.9 Å². The Labute approximate surface area is 263 Å². The van der Waals surface area contributed by atoms with Gasteiger partial charge in [-0.3, -0.25) is 5.41 Å². The fourth-order valence-corrected chi connectivity index (χ4v) is 7.80. The Bertz CT molecular complexity index is 1520. The molecule has 43 heavy (non-hydrogen) atoms. The highest BCUT2D eigenvalue weighted by Crippen LogP contribution is 2.43. The molecule has 3 N–H and O–H groups in total. The second-order valence-electron chi connectivity index (χ2n) is 10.9. The summed E-state index contributed by atoms with van der Waals surface area (Å²) in [7, 11) is 4.93.